The average molecular weight is 342 g/mol. The van der Waals surface area contributed by atoms with Gasteiger partial charge in [0, 0.05) is 12.0 Å². The van der Waals surface area contributed by atoms with Crippen molar-refractivity contribution >= 4 is 34.8 Å². The zero-order valence-electron chi connectivity index (χ0n) is 13.6. The van der Waals surface area contributed by atoms with Crippen molar-refractivity contribution < 1.29 is 9.90 Å². The SMILES string of the molecule is O=C(O)CCCCCC/C=C/C=C/C=C/c1cccc2nsnc12. The first-order valence-corrected chi connectivity index (χ1v) is 8.93. The summed E-state index contributed by atoms with van der Waals surface area (Å²) in [7, 11) is 0. The van der Waals surface area contributed by atoms with Crippen LogP contribution in [0.5, 0.6) is 0 Å². The topological polar surface area (TPSA) is 63.1 Å². The van der Waals surface area contributed by atoms with E-state index in [1.165, 1.54) is 11.7 Å². The second-order valence-electron chi connectivity index (χ2n) is 5.50. The summed E-state index contributed by atoms with van der Waals surface area (Å²) in [5, 5.41) is 8.54. The fourth-order valence-corrected chi connectivity index (χ4v) is 2.87. The molecule has 1 N–H and O–H groups in total. The zero-order valence-corrected chi connectivity index (χ0v) is 14.4. The van der Waals surface area contributed by atoms with Crippen LogP contribution in [0.4, 0.5) is 0 Å². The number of aliphatic carboxylic acids is 1. The van der Waals surface area contributed by atoms with Crippen molar-refractivity contribution in [3.63, 3.8) is 0 Å². The standard InChI is InChI=1S/C19H22N2O2S/c22-18(23)15-10-8-6-4-2-1-3-5-7-9-12-16-13-11-14-17-19(16)21-24-20-17/h1,3,5,7,9,11-14H,2,4,6,8,10,15H2,(H,22,23)/b3-1+,7-5+,12-9+. The van der Waals surface area contributed by atoms with Crippen LogP contribution in [-0.4, -0.2) is 19.8 Å². The predicted octanol–water partition coefficient (Wildman–Crippen LogP) is 5.24. The summed E-state index contributed by atoms with van der Waals surface area (Å²) in [5.41, 5.74) is 2.97. The maximum Gasteiger partial charge on any atom is 0.303 e. The number of fused-ring (bicyclic) bond motifs is 1. The summed E-state index contributed by atoms with van der Waals surface area (Å²) in [5.74, 6) is -0.699. The predicted molar refractivity (Wildman–Crippen MR) is 100 cm³/mol. The Morgan fingerprint density at radius 1 is 1.04 bits per heavy atom. The molecule has 2 aromatic rings. The normalized spacial score (nSPS) is 12.2. The fourth-order valence-electron chi connectivity index (χ4n) is 2.32. The van der Waals surface area contributed by atoms with Gasteiger partial charge < -0.3 is 5.11 Å². The van der Waals surface area contributed by atoms with Crippen LogP contribution in [0.25, 0.3) is 17.1 Å². The summed E-state index contributed by atoms with van der Waals surface area (Å²) >= 11 is 1.24. The Labute approximate surface area is 146 Å². The molecule has 0 bridgehead atoms. The van der Waals surface area contributed by atoms with Crippen LogP contribution in [-0.2, 0) is 4.79 Å². The smallest absolute Gasteiger partial charge is 0.303 e. The highest BCUT2D eigenvalue weighted by molar-refractivity contribution is 7.00. The van der Waals surface area contributed by atoms with Crippen LogP contribution < -0.4 is 0 Å². The molecule has 0 fully saturated rings. The first kappa shape index (κ1) is 18.1. The number of nitrogens with zero attached hydrogens (tertiary/aromatic N) is 2. The highest BCUT2D eigenvalue weighted by Crippen LogP contribution is 2.17. The molecular formula is C19H22N2O2S. The van der Waals surface area contributed by atoms with Crippen molar-refractivity contribution in [3.8, 4) is 0 Å². The molecule has 24 heavy (non-hydrogen) atoms. The maximum atomic E-state index is 10.4. The number of aromatic nitrogens is 2. The molecule has 1 aromatic carbocycles. The quantitative estimate of drug-likeness (QED) is 0.473. The number of benzene rings is 1. The number of carboxylic acid groups (broad SMARTS) is 1. The molecule has 5 heteroatoms. The van der Waals surface area contributed by atoms with Gasteiger partial charge in [-0.25, -0.2) is 0 Å². The molecule has 1 heterocycles. The molecule has 0 radical (unpaired) electrons. The Morgan fingerprint density at radius 3 is 2.75 bits per heavy atom. The molecule has 0 saturated carbocycles. The van der Waals surface area contributed by atoms with Gasteiger partial charge >= 0.3 is 5.97 Å². The van der Waals surface area contributed by atoms with Gasteiger partial charge in [0.1, 0.15) is 11.0 Å². The van der Waals surface area contributed by atoms with E-state index in [-0.39, 0.29) is 6.42 Å². The Hall–Kier alpha value is -2.27. The Balaban J connectivity index is 1.64. The van der Waals surface area contributed by atoms with Gasteiger partial charge in [0.25, 0.3) is 0 Å². The fraction of sp³-hybridized carbons (Fsp3) is 0.316. The number of rotatable bonds is 10. The number of hydrogen-bond acceptors (Lipinski definition) is 4. The molecule has 0 aliphatic rings. The summed E-state index contributed by atoms with van der Waals surface area (Å²) in [4.78, 5) is 10.4. The lowest BCUT2D eigenvalue weighted by Crippen LogP contribution is -1.93. The molecule has 0 saturated heterocycles. The largest absolute Gasteiger partial charge is 0.481 e. The lowest BCUT2D eigenvalue weighted by atomic mass is 10.1. The summed E-state index contributed by atoms with van der Waals surface area (Å²) in [6.45, 7) is 0. The molecule has 0 atom stereocenters. The Kier molecular flexibility index (Phi) is 7.90. The van der Waals surface area contributed by atoms with Gasteiger partial charge in [-0.05, 0) is 25.3 Å². The number of unbranched alkanes of at least 4 members (excludes halogenated alkanes) is 4. The minimum Gasteiger partial charge on any atom is -0.481 e. The van der Waals surface area contributed by atoms with Crippen LogP contribution in [0.1, 0.15) is 44.1 Å². The molecule has 4 nitrogen and oxygen atoms in total. The average Bonchev–Trinajstić information content (AvgIpc) is 3.05. The Bertz CT molecular complexity index is 732. The third kappa shape index (κ3) is 6.46. The van der Waals surface area contributed by atoms with E-state index in [2.05, 4.69) is 14.8 Å². The van der Waals surface area contributed by atoms with E-state index in [1.807, 2.05) is 48.6 Å². The molecule has 0 unspecified atom stereocenters. The van der Waals surface area contributed by atoms with E-state index in [0.29, 0.717) is 0 Å². The van der Waals surface area contributed by atoms with Gasteiger partial charge in [-0.1, -0.05) is 61.4 Å². The summed E-state index contributed by atoms with van der Waals surface area (Å²) in [6.07, 6.45) is 17.6. The third-order valence-electron chi connectivity index (χ3n) is 3.57. The van der Waals surface area contributed by atoms with Crippen molar-refractivity contribution in [3.05, 3.63) is 54.1 Å². The second kappa shape index (κ2) is 10.5. The van der Waals surface area contributed by atoms with Crippen LogP contribution in [0.2, 0.25) is 0 Å². The summed E-state index contributed by atoms with van der Waals surface area (Å²) < 4.78 is 8.54. The van der Waals surface area contributed by atoms with Crippen molar-refractivity contribution in [2.24, 2.45) is 0 Å². The molecule has 126 valence electrons. The van der Waals surface area contributed by atoms with Crippen molar-refractivity contribution in [2.45, 2.75) is 38.5 Å². The highest BCUT2D eigenvalue weighted by atomic mass is 32.1. The number of carbonyl (C=O) groups is 1. The van der Waals surface area contributed by atoms with Crippen LogP contribution in [0.3, 0.4) is 0 Å². The first-order valence-electron chi connectivity index (χ1n) is 8.20. The zero-order chi connectivity index (χ0) is 17.0. The number of carboxylic acids is 1. The molecule has 1 aromatic heterocycles. The van der Waals surface area contributed by atoms with Gasteiger partial charge in [-0.2, -0.15) is 8.75 Å². The monoisotopic (exact) mass is 342 g/mol. The van der Waals surface area contributed by atoms with Crippen LogP contribution >= 0.6 is 11.7 Å². The van der Waals surface area contributed by atoms with Crippen molar-refractivity contribution in [2.75, 3.05) is 0 Å². The molecule has 0 aliphatic heterocycles. The van der Waals surface area contributed by atoms with E-state index >= 15 is 0 Å². The lowest BCUT2D eigenvalue weighted by molar-refractivity contribution is -0.137. The van der Waals surface area contributed by atoms with Crippen molar-refractivity contribution in [1.82, 2.24) is 8.75 Å². The Morgan fingerprint density at radius 2 is 1.88 bits per heavy atom. The minimum absolute atomic E-state index is 0.287. The number of hydrogen-bond donors (Lipinski definition) is 1. The maximum absolute atomic E-state index is 10.4. The van der Waals surface area contributed by atoms with Crippen molar-refractivity contribution in [1.29, 1.82) is 0 Å². The van der Waals surface area contributed by atoms with E-state index in [0.717, 1.165) is 48.7 Å². The third-order valence-corrected chi connectivity index (χ3v) is 4.12. The van der Waals surface area contributed by atoms with E-state index in [9.17, 15) is 4.79 Å². The molecule has 0 amide bonds. The van der Waals surface area contributed by atoms with E-state index in [4.69, 9.17) is 5.11 Å². The molecular weight excluding hydrogens is 320 g/mol. The number of allylic oxidation sites excluding steroid dienone is 5. The van der Waals surface area contributed by atoms with Gasteiger partial charge in [0.05, 0.1) is 11.7 Å². The molecule has 2 rings (SSSR count). The van der Waals surface area contributed by atoms with E-state index < -0.39 is 5.97 Å². The van der Waals surface area contributed by atoms with Gasteiger partial charge in [-0.15, -0.1) is 0 Å². The molecule has 0 spiro atoms. The molecule has 0 aliphatic carbocycles. The van der Waals surface area contributed by atoms with Gasteiger partial charge in [-0.3, -0.25) is 4.79 Å². The summed E-state index contributed by atoms with van der Waals surface area (Å²) in [6, 6.07) is 5.99. The van der Waals surface area contributed by atoms with Gasteiger partial charge in [0.15, 0.2) is 0 Å². The van der Waals surface area contributed by atoms with E-state index in [1.54, 1.807) is 0 Å². The van der Waals surface area contributed by atoms with Gasteiger partial charge in [0.2, 0.25) is 0 Å². The van der Waals surface area contributed by atoms with Crippen LogP contribution in [0.15, 0.2) is 48.6 Å². The second-order valence-corrected chi connectivity index (χ2v) is 6.03. The highest BCUT2D eigenvalue weighted by Gasteiger charge is 2.00. The lowest BCUT2D eigenvalue weighted by Gasteiger charge is -1.96. The minimum atomic E-state index is -0.699. The van der Waals surface area contributed by atoms with Crippen LogP contribution in [0, 0.1) is 0 Å². The first-order chi connectivity index (χ1) is 11.8.